The summed E-state index contributed by atoms with van der Waals surface area (Å²) in [5.74, 6) is 0. The van der Waals surface area contributed by atoms with Crippen molar-refractivity contribution in [2.24, 2.45) is 5.73 Å². The summed E-state index contributed by atoms with van der Waals surface area (Å²) in [5.41, 5.74) is 7.56. The highest BCUT2D eigenvalue weighted by molar-refractivity contribution is 5.85. The van der Waals surface area contributed by atoms with Gasteiger partial charge < -0.3 is 10.6 Å². The average molecular weight is 225 g/mol. The average Bonchev–Trinajstić information content (AvgIpc) is 2.01. The van der Waals surface area contributed by atoms with Gasteiger partial charge in [0, 0.05) is 13.1 Å². The topological polar surface area (TPSA) is 61.6 Å². The molecule has 0 spiro atoms. The van der Waals surface area contributed by atoms with Crippen molar-refractivity contribution in [1.29, 1.82) is 0 Å². The van der Waals surface area contributed by atoms with E-state index >= 15 is 0 Å². The lowest BCUT2D eigenvalue weighted by Crippen LogP contribution is -2.45. The minimum atomic E-state index is -0.494. The second-order valence-corrected chi connectivity index (χ2v) is 3.21. The molecule has 0 saturated carbocycles. The Morgan fingerprint density at radius 3 is 2.29 bits per heavy atom. The van der Waals surface area contributed by atoms with Gasteiger partial charge in [0.15, 0.2) is 0 Å². The first kappa shape index (κ1) is 15.9. The normalized spacial score (nSPS) is 10.1. The van der Waals surface area contributed by atoms with E-state index < -0.39 is 6.03 Å². The van der Waals surface area contributed by atoms with Crippen LogP contribution in [0.1, 0.15) is 13.3 Å². The van der Waals surface area contributed by atoms with E-state index in [9.17, 15) is 4.79 Å². The number of hydrazine groups is 1. The highest BCUT2D eigenvalue weighted by Gasteiger charge is 2.03. The van der Waals surface area contributed by atoms with E-state index in [4.69, 9.17) is 5.73 Å². The summed E-state index contributed by atoms with van der Waals surface area (Å²) < 4.78 is 0. The molecule has 0 aliphatic heterocycles. The summed E-state index contributed by atoms with van der Waals surface area (Å²) in [6.07, 6.45) is 1.02. The summed E-state index contributed by atoms with van der Waals surface area (Å²) in [6.45, 7) is 4.59. The molecule has 2 amide bonds. The quantitative estimate of drug-likeness (QED) is 0.637. The second kappa shape index (κ2) is 9.05. The van der Waals surface area contributed by atoms with Gasteiger partial charge in [0.25, 0.3) is 0 Å². The maximum absolute atomic E-state index is 10.5. The molecule has 0 atom stereocenters. The fourth-order valence-corrected chi connectivity index (χ4v) is 1.03. The molecular formula is C8H21ClN4O. The molecule has 0 aliphatic carbocycles. The number of primary amides is 1. The molecule has 0 fully saturated rings. The summed E-state index contributed by atoms with van der Waals surface area (Å²) in [6, 6.07) is -0.494. The van der Waals surface area contributed by atoms with Crippen LogP contribution >= 0.6 is 12.4 Å². The number of nitrogens with zero attached hydrogens (tertiary/aromatic N) is 2. The van der Waals surface area contributed by atoms with Crippen LogP contribution < -0.4 is 11.2 Å². The van der Waals surface area contributed by atoms with Crippen molar-refractivity contribution in [1.82, 2.24) is 15.3 Å². The van der Waals surface area contributed by atoms with Crippen LogP contribution in [0.5, 0.6) is 0 Å². The third-order valence-corrected chi connectivity index (χ3v) is 1.68. The number of halogens is 1. The van der Waals surface area contributed by atoms with Crippen LogP contribution in [0.25, 0.3) is 0 Å². The molecule has 5 nitrogen and oxygen atoms in total. The molecule has 0 bridgehead atoms. The zero-order chi connectivity index (χ0) is 10.3. The van der Waals surface area contributed by atoms with Crippen LogP contribution in [-0.2, 0) is 0 Å². The van der Waals surface area contributed by atoms with Gasteiger partial charge in [0.05, 0.1) is 0 Å². The molecule has 0 radical (unpaired) electrons. The molecule has 0 aromatic rings. The molecule has 0 unspecified atom stereocenters. The van der Waals surface area contributed by atoms with E-state index in [1.54, 1.807) is 0 Å². The number of hydrogen-bond donors (Lipinski definition) is 2. The monoisotopic (exact) mass is 224 g/mol. The third-order valence-electron chi connectivity index (χ3n) is 1.68. The smallest absolute Gasteiger partial charge is 0.326 e. The Balaban J connectivity index is 0. The molecule has 0 rings (SSSR count). The van der Waals surface area contributed by atoms with Crippen molar-refractivity contribution in [3.05, 3.63) is 0 Å². The number of nitrogens with two attached hydrogens (primary N) is 1. The molecule has 86 valence electrons. The van der Waals surface area contributed by atoms with Crippen molar-refractivity contribution in [3.8, 4) is 0 Å². The van der Waals surface area contributed by atoms with Crippen molar-refractivity contribution in [2.75, 3.05) is 33.7 Å². The standard InChI is InChI=1S/C8H20N4O.ClH/c1-4-12(10-8(9)13)7-5-6-11(2)3;/h4-7H2,1-3H3,(H3,9,10,13);1H. The molecule has 0 aromatic heterocycles. The van der Waals surface area contributed by atoms with E-state index in [0.29, 0.717) is 0 Å². The Hall–Kier alpha value is -0.520. The van der Waals surface area contributed by atoms with Crippen LogP contribution in [-0.4, -0.2) is 49.7 Å². The molecular weight excluding hydrogens is 204 g/mol. The van der Waals surface area contributed by atoms with Crippen molar-refractivity contribution in [3.63, 3.8) is 0 Å². The first-order valence-corrected chi connectivity index (χ1v) is 4.52. The second-order valence-electron chi connectivity index (χ2n) is 3.21. The number of rotatable bonds is 6. The number of urea groups is 1. The van der Waals surface area contributed by atoms with Crippen LogP contribution in [0.4, 0.5) is 4.79 Å². The largest absolute Gasteiger partial charge is 0.351 e. The summed E-state index contributed by atoms with van der Waals surface area (Å²) >= 11 is 0. The fourth-order valence-electron chi connectivity index (χ4n) is 1.03. The van der Waals surface area contributed by atoms with E-state index in [2.05, 4.69) is 10.3 Å². The summed E-state index contributed by atoms with van der Waals surface area (Å²) in [7, 11) is 4.05. The Bertz CT molecular complexity index is 154. The van der Waals surface area contributed by atoms with Gasteiger partial charge in [-0.1, -0.05) is 6.92 Å². The van der Waals surface area contributed by atoms with Crippen molar-refractivity contribution in [2.45, 2.75) is 13.3 Å². The summed E-state index contributed by atoms with van der Waals surface area (Å²) in [4.78, 5) is 12.6. The molecule has 0 aliphatic rings. The number of hydrogen-bond acceptors (Lipinski definition) is 3. The zero-order valence-corrected chi connectivity index (χ0v) is 9.93. The number of amides is 2. The van der Waals surface area contributed by atoms with Gasteiger partial charge in [0.2, 0.25) is 0 Å². The molecule has 6 heteroatoms. The lowest BCUT2D eigenvalue weighted by atomic mass is 10.4. The van der Waals surface area contributed by atoms with E-state index in [1.807, 2.05) is 26.0 Å². The maximum Gasteiger partial charge on any atom is 0.326 e. The number of carbonyl (C=O) groups excluding carboxylic acids is 1. The van der Waals surface area contributed by atoms with Crippen LogP contribution in [0, 0.1) is 0 Å². The Morgan fingerprint density at radius 2 is 1.93 bits per heavy atom. The van der Waals surface area contributed by atoms with E-state index in [1.165, 1.54) is 0 Å². The Labute approximate surface area is 92.0 Å². The van der Waals surface area contributed by atoms with Crippen LogP contribution in [0.2, 0.25) is 0 Å². The first-order valence-electron chi connectivity index (χ1n) is 4.52. The lowest BCUT2D eigenvalue weighted by molar-refractivity contribution is 0.183. The fraction of sp³-hybridized carbons (Fsp3) is 0.875. The molecule has 0 heterocycles. The first-order chi connectivity index (χ1) is 6.06. The van der Waals surface area contributed by atoms with Gasteiger partial charge in [-0.25, -0.2) is 9.80 Å². The SMILES string of the molecule is CCN(CCCN(C)C)NC(N)=O.Cl. The maximum atomic E-state index is 10.5. The van der Waals surface area contributed by atoms with Gasteiger partial charge in [0.1, 0.15) is 0 Å². The van der Waals surface area contributed by atoms with Crippen molar-refractivity contribution < 1.29 is 4.79 Å². The van der Waals surface area contributed by atoms with Gasteiger partial charge >= 0.3 is 6.03 Å². The predicted molar refractivity (Wildman–Crippen MR) is 60.4 cm³/mol. The summed E-state index contributed by atoms with van der Waals surface area (Å²) in [5, 5.41) is 1.81. The Kier molecular flexibility index (Phi) is 10.3. The Morgan fingerprint density at radius 1 is 1.36 bits per heavy atom. The van der Waals surface area contributed by atoms with E-state index in [0.717, 1.165) is 26.1 Å². The number of carbonyl (C=O) groups is 1. The van der Waals surface area contributed by atoms with Crippen molar-refractivity contribution >= 4 is 18.4 Å². The minimum Gasteiger partial charge on any atom is -0.351 e. The lowest BCUT2D eigenvalue weighted by Gasteiger charge is -2.20. The molecule has 14 heavy (non-hydrogen) atoms. The van der Waals surface area contributed by atoms with E-state index in [-0.39, 0.29) is 12.4 Å². The third kappa shape index (κ3) is 9.57. The molecule has 3 N–H and O–H groups in total. The highest BCUT2D eigenvalue weighted by atomic mass is 35.5. The predicted octanol–water partition coefficient (Wildman–Crippen LogP) is 0.265. The van der Waals surface area contributed by atoms with Crippen LogP contribution in [0.3, 0.4) is 0 Å². The van der Waals surface area contributed by atoms with Gasteiger partial charge in [-0.2, -0.15) is 0 Å². The van der Waals surface area contributed by atoms with Gasteiger partial charge in [-0.3, -0.25) is 5.43 Å². The molecule has 0 aromatic carbocycles. The number of nitrogens with one attached hydrogen (secondary N) is 1. The minimum absolute atomic E-state index is 0. The highest BCUT2D eigenvalue weighted by Crippen LogP contribution is 1.88. The molecule has 0 saturated heterocycles. The van der Waals surface area contributed by atoms with Gasteiger partial charge in [-0.05, 0) is 27.1 Å². The van der Waals surface area contributed by atoms with Gasteiger partial charge in [-0.15, -0.1) is 12.4 Å². The van der Waals surface area contributed by atoms with Crippen LogP contribution in [0.15, 0.2) is 0 Å². The zero-order valence-electron chi connectivity index (χ0n) is 9.12.